The first-order chi connectivity index (χ1) is 10.7. The van der Waals surface area contributed by atoms with Gasteiger partial charge in [0.2, 0.25) is 0 Å². The monoisotopic (exact) mass is 313 g/mol. The number of H-pyrrole nitrogens is 1. The summed E-state index contributed by atoms with van der Waals surface area (Å²) < 4.78 is 5.04. The van der Waals surface area contributed by atoms with Gasteiger partial charge in [-0.2, -0.15) is 10.3 Å². The van der Waals surface area contributed by atoms with Crippen LogP contribution in [0.5, 0.6) is 0 Å². The van der Waals surface area contributed by atoms with Crippen LogP contribution in [0.1, 0.15) is 22.3 Å². The lowest BCUT2D eigenvalue weighted by Gasteiger charge is -2.06. The Labute approximate surface area is 132 Å². The Kier molecular flexibility index (Phi) is 4.02. The van der Waals surface area contributed by atoms with E-state index in [1.165, 1.54) is 4.88 Å². The van der Waals surface area contributed by atoms with E-state index in [-0.39, 0.29) is 5.69 Å². The van der Waals surface area contributed by atoms with Gasteiger partial charge in [0, 0.05) is 20.9 Å². The van der Waals surface area contributed by atoms with Gasteiger partial charge in [-0.1, -0.05) is 24.3 Å². The fraction of sp³-hybridized carbons (Fsp3) is 0.188. The normalized spacial score (nSPS) is 10.6. The Balaban J connectivity index is 2.11. The molecule has 0 aliphatic rings. The second-order valence-corrected chi connectivity index (χ2v) is 5.99. The van der Waals surface area contributed by atoms with Crippen LogP contribution in [-0.4, -0.2) is 28.0 Å². The Morgan fingerprint density at radius 3 is 2.64 bits per heavy atom. The van der Waals surface area contributed by atoms with Gasteiger partial charge in [0.1, 0.15) is 5.69 Å². The SMILES string of the molecule is CCOC(=O)c1n[nH]nc1-c1ccccc1-c1ccc(C)s1. The van der Waals surface area contributed by atoms with E-state index in [1.54, 1.807) is 18.3 Å². The van der Waals surface area contributed by atoms with Crippen LogP contribution in [0.3, 0.4) is 0 Å². The zero-order valence-electron chi connectivity index (χ0n) is 12.3. The van der Waals surface area contributed by atoms with Gasteiger partial charge >= 0.3 is 5.97 Å². The van der Waals surface area contributed by atoms with E-state index in [0.29, 0.717) is 12.3 Å². The van der Waals surface area contributed by atoms with Crippen LogP contribution in [0.4, 0.5) is 0 Å². The number of rotatable bonds is 4. The van der Waals surface area contributed by atoms with Crippen molar-refractivity contribution in [2.45, 2.75) is 13.8 Å². The average Bonchev–Trinajstić information content (AvgIpc) is 3.16. The number of aromatic nitrogens is 3. The third-order valence-electron chi connectivity index (χ3n) is 3.20. The number of aryl methyl sites for hydroxylation is 1. The van der Waals surface area contributed by atoms with Crippen molar-refractivity contribution < 1.29 is 9.53 Å². The Bertz CT molecular complexity index is 807. The highest BCUT2D eigenvalue weighted by atomic mass is 32.1. The molecule has 0 atom stereocenters. The van der Waals surface area contributed by atoms with Crippen molar-refractivity contribution in [1.82, 2.24) is 15.4 Å². The minimum Gasteiger partial charge on any atom is -0.461 e. The number of nitrogens with zero attached hydrogens (tertiary/aromatic N) is 2. The molecule has 0 saturated carbocycles. The quantitative estimate of drug-likeness (QED) is 0.746. The van der Waals surface area contributed by atoms with Crippen LogP contribution >= 0.6 is 11.3 Å². The van der Waals surface area contributed by atoms with Gasteiger partial charge in [0.05, 0.1) is 6.61 Å². The van der Waals surface area contributed by atoms with Crippen LogP contribution in [0, 0.1) is 6.92 Å². The molecule has 22 heavy (non-hydrogen) atoms. The lowest BCUT2D eigenvalue weighted by atomic mass is 10.0. The number of hydrogen-bond donors (Lipinski definition) is 1. The predicted octanol–water partition coefficient (Wildman–Crippen LogP) is 3.69. The summed E-state index contributed by atoms with van der Waals surface area (Å²) >= 11 is 1.70. The third-order valence-corrected chi connectivity index (χ3v) is 4.24. The van der Waals surface area contributed by atoms with E-state index < -0.39 is 5.97 Å². The van der Waals surface area contributed by atoms with Crippen molar-refractivity contribution in [1.29, 1.82) is 0 Å². The molecule has 112 valence electrons. The second-order valence-electron chi connectivity index (χ2n) is 4.70. The van der Waals surface area contributed by atoms with Crippen molar-refractivity contribution in [3.8, 4) is 21.7 Å². The molecule has 0 aliphatic heterocycles. The van der Waals surface area contributed by atoms with Gasteiger partial charge in [-0.25, -0.2) is 4.79 Å². The maximum Gasteiger partial charge on any atom is 0.361 e. The number of nitrogens with one attached hydrogen (secondary N) is 1. The van der Waals surface area contributed by atoms with E-state index in [1.807, 2.05) is 24.3 Å². The maximum absolute atomic E-state index is 12.0. The van der Waals surface area contributed by atoms with Gasteiger partial charge in [-0.3, -0.25) is 0 Å². The molecule has 3 aromatic rings. The first-order valence-corrected chi connectivity index (χ1v) is 7.76. The van der Waals surface area contributed by atoms with Crippen LogP contribution in [0.25, 0.3) is 21.7 Å². The Morgan fingerprint density at radius 1 is 1.18 bits per heavy atom. The van der Waals surface area contributed by atoms with Crippen LogP contribution in [0.2, 0.25) is 0 Å². The standard InChI is InChI=1S/C16H15N3O2S/c1-3-21-16(20)15-14(17-19-18-15)12-7-5-4-6-11(12)13-9-8-10(2)22-13/h4-9H,3H2,1-2H3,(H,17,18,19). The highest BCUT2D eigenvalue weighted by Crippen LogP contribution is 2.35. The van der Waals surface area contributed by atoms with Crippen molar-refractivity contribution in [3.05, 3.63) is 47.0 Å². The van der Waals surface area contributed by atoms with Gasteiger partial charge in [0.15, 0.2) is 5.69 Å². The smallest absolute Gasteiger partial charge is 0.361 e. The molecule has 0 fully saturated rings. The van der Waals surface area contributed by atoms with Crippen LogP contribution in [0.15, 0.2) is 36.4 Å². The Hall–Kier alpha value is -2.47. The van der Waals surface area contributed by atoms with Crippen LogP contribution in [-0.2, 0) is 4.74 Å². The number of esters is 1. The summed E-state index contributed by atoms with van der Waals surface area (Å²) in [6.45, 7) is 4.13. The average molecular weight is 313 g/mol. The summed E-state index contributed by atoms with van der Waals surface area (Å²) in [5, 5.41) is 10.6. The summed E-state index contributed by atoms with van der Waals surface area (Å²) in [5.74, 6) is -0.469. The number of benzene rings is 1. The molecule has 3 rings (SSSR count). The minimum absolute atomic E-state index is 0.211. The predicted molar refractivity (Wildman–Crippen MR) is 85.8 cm³/mol. The number of aromatic amines is 1. The minimum atomic E-state index is -0.469. The molecule has 0 unspecified atom stereocenters. The van der Waals surface area contributed by atoms with E-state index in [4.69, 9.17) is 4.74 Å². The highest BCUT2D eigenvalue weighted by molar-refractivity contribution is 7.15. The number of carbonyl (C=O) groups excluding carboxylic acids is 1. The van der Waals surface area contributed by atoms with Crippen molar-refractivity contribution >= 4 is 17.3 Å². The van der Waals surface area contributed by atoms with E-state index in [2.05, 4.69) is 34.5 Å². The first kappa shape index (κ1) is 14.5. The molecule has 0 amide bonds. The second kappa shape index (κ2) is 6.11. The van der Waals surface area contributed by atoms with Gasteiger partial charge in [0.25, 0.3) is 0 Å². The summed E-state index contributed by atoms with van der Waals surface area (Å²) in [4.78, 5) is 14.4. The van der Waals surface area contributed by atoms with Gasteiger partial charge in [-0.15, -0.1) is 16.4 Å². The van der Waals surface area contributed by atoms with Crippen molar-refractivity contribution in [2.24, 2.45) is 0 Å². The van der Waals surface area contributed by atoms with Crippen molar-refractivity contribution in [3.63, 3.8) is 0 Å². The molecule has 5 nitrogen and oxygen atoms in total. The third kappa shape index (κ3) is 2.65. The molecule has 1 N–H and O–H groups in total. The van der Waals surface area contributed by atoms with Crippen molar-refractivity contribution in [2.75, 3.05) is 6.61 Å². The molecule has 2 heterocycles. The molecule has 2 aromatic heterocycles. The fourth-order valence-corrected chi connectivity index (χ4v) is 3.15. The molecule has 0 bridgehead atoms. The van der Waals surface area contributed by atoms with Gasteiger partial charge in [-0.05, 0) is 26.0 Å². The Morgan fingerprint density at radius 2 is 1.95 bits per heavy atom. The summed E-state index contributed by atoms with van der Waals surface area (Å²) in [6, 6.07) is 12.0. The summed E-state index contributed by atoms with van der Waals surface area (Å²) in [7, 11) is 0. The molecular weight excluding hydrogens is 298 g/mol. The van der Waals surface area contributed by atoms with E-state index in [0.717, 1.165) is 16.0 Å². The number of carbonyl (C=O) groups is 1. The topological polar surface area (TPSA) is 67.9 Å². The molecule has 0 saturated heterocycles. The molecule has 0 aliphatic carbocycles. The number of ether oxygens (including phenoxy) is 1. The highest BCUT2D eigenvalue weighted by Gasteiger charge is 2.21. The zero-order chi connectivity index (χ0) is 15.5. The molecule has 0 radical (unpaired) electrons. The molecule has 1 aromatic carbocycles. The lowest BCUT2D eigenvalue weighted by Crippen LogP contribution is -2.07. The molecule has 0 spiro atoms. The lowest BCUT2D eigenvalue weighted by molar-refractivity contribution is 0.0520. The molecule has 6 heteroatoms. The maximum atomic E-state index is 12.0. The summed E-state index contributed by atoms with van der Waals surface area (Å²) in [6.07, 6.45) is 0. The number of hydrogen-bond acceptors (Lipinski definition) is 5. The fourth-order valence-electron chi connectivity index (χ4n) is 2.24. The zero-order valence-corrected chi connectivity index (χ0v) is 13.1. The van der Waals surface area contributed by atoms with E-state index in [9.17, 15) is 4.79 Å². The first-order valence-electron chi connectivity index (χ1n) is 6.94. The molecular formula is C16H15N3O2S. The number of thiophene rings is 1. The van der Waals surface area contributed by atoms with Gasteiger partial charge < -0.3 is 4.74 Å². The van der Waals surface area contributed by atoms with E-state index >= 15 is 0 Å². The largest absolute Gasteiger partial charge is 0.461 e. The van der Waals surface area contributed by atoms with Crippen LogP contribution < -0.4 is 0 Å². The summed E-state index contributed by atoms with van der Waals surface area (Å²) in [5.41, 5.74) is 2.61.